The third-order valence-corrected chi connectivity index (χ3v) is 7.04. The van der Waals surface area contributed by atoms with Crippen molar-refractivity contribution in [1.29, 1.82) is 0 Å². The van der Waals surface area contributed by atoms with Crippen molar-refractivity contribution in [1.82, 2.24) is 20.4 Å². The first-order chi connectivity index (χ1) is 14.6. The van der Waals surface area contributed by atoms with Crippen molar-refractivity contribution in [2.45, 2.75) is 83.1 Å². The molecule has 1 aromatic rings. The number of piperidine rings is 2. The smallest absolute Gasteiger partial charge is 0.223 e. The van der Waals surface area contributed by atoms with Crippen LogP contribution in [0.15, 0.2) is 29.3 Å². The van der Waals surface area contributed by atoms with Gasteiger partial charge in [-0.3, -0.25) is 9.79 Å². The van der Waals surface area contributed by atoms with Crippen LogP contribution >= 0.6 is 0 Å². The quantitative estimate of drug-likeness (QED) is 0.429. The summed E-state index contributed by atoms with van der Waals surface area (Å²) in [5.74, 6) is 1.15. The van der Waals surface area contributed by atoms with E-state index in [2.05, 4.69) is 41.6 Å². The number of carbonyl (C=O) groups excluding carboxylic acids is 1. The van der Waals surface area contributed by atoms with Crippen LogP contribution in [-0.2, 0) is 17.9 Å². The molecule has 1 aromatic carbocycles. The SMILES string of the molecule is CCNC(=NCCCC(=O)N1Cc2ccccc2C1)NC1CC2CCCC(C1)N2C. The van der Waals surface area contributed by atoms with Gasteiger partial charge in [0.05, 0.1) is 0 Å². The highest BCUT2D eigenvalue weighted by Gasteiger charge is 2.36. The third-order valence-electron chi connectivity index (χ3n) is 7.04. The number of benzene rings is 1. The summed E-state index contributed by atoms with van der Waals surface area (Å²) in [4.78, 5) is 21.9. The molecule has 0 aliphatic carbocycles. The van der Waals surface area contributed by atoms with E-state index in [1.54, 1.807) is 0 Å². The number of amides is 1. The molecule has 6 heteroatoms. The molecule has 0 saturated carbocycles. The maximum Gasteiger partial charge on any atom is 0.223 e. The zero-order valence-corrected chi connectivity index (χ0v) is 18.6. The van der Waals surface area contributed by atoms with E-state index in [-0.39, 0.29) is 5.91 Å². The molecule has 3 heterocycles. The van der Waals surface area contributed by atoms with Gasteiger partial charge in [-0.25, -0.2) is 0 Å². The van der Waals surface area contributed by atoms with Gasteiger partial charge in [0.15, 0.2) is 5.96 Å². The fraction of sp³-hybridized carbons (Fsp3) is 0.667. The standard InChI is InChI=1S/C24H37N5O/c1-3-25-24(27-20-14-21-10-6-11-22(15-20)28(21)2)26-13-7-12-23(30)29-16-18-8-4-5-9-19(18)17-29/h4-5,8-9,20-22H,3,6-7,10-17H2,1-2H3,(H2,25,26,27). The van der Waals surface area contributed by atoms with Crippen molar-refractivity contribution in [3.8, 4) is 0 Å². The monoisotopic (exact) mass is 411 g/mol. The number of fused-ring (bicyclic) bond motifs is 3. The molecule has 164 valence electrons. The van der Waals surface area contributed by atoms with E-state index in [1.807, 2.05) is 17.0 Å². The fourth-order valence-corrected chi connectivity index (χ4v) is 5.34. The van der Waals surface area contributed by atoms with E-state index < -0.39 is 0 Å². The van der Waals surface area contributed by atoms with Gasteiger partial charge in [0.1, 0.15) is 0 Å². The molecule has 2 saturated heterocycles. The maximum atomic E-state index is 12.6. The van der Waals surface area contributed by atoms with E-state index in [0.717, 1.165) is 32.0 Å². The van der Waals surface area contributed by atoms with Crippen LogP contribution in [0.25, 0.3) is 0 Å². The lowest BCUT2D eigenvalue weighted by Crippen LogP contribution is -2.56. The normalized spacial score (nSPS) is 26.4. The molecule has 2 bridgehead atoms. The molecule has 1 amide bonds. The lowest BCUT2D eigenvalue weighted by atomic mass is 9.82. The topological polar surface area (TPSA) is 60.0 Å². The number of hydrogen-bond acceptors (Lipinski definition) is 3. The molecule has 0 spiro atoms. The molecular weight excluding hydrogens is 374 g/mol. The second kappa shape index (κ2) is 9.82. The average molecular weight is 412 g/mol. The van der Waals surface area contributed by atoms with Crippen molar-refractivity contribution in [3.05, 3.63) is 35.4 Å². The molecule has 2 fully saturated rings. The van der Waals surface area contributed by atoms with Gasteiger partial charge in [-0.2, -0.15) is 0 Å². The van der Waals surface area contributed by atoms with Gasteiger partial charge in [-0.15, -0.1) is 0 Å². The molecule has 0 radical (unpaired) electrons. The summed E-state index contributed by atoms with van der Waals surface area (Å²) in [5, 5.41) is 7.07. The molecule has 3 aliphatic rings. The molecule has 0 aromatic heterocycles. The first-order valence-electron chi connectivity index (χ1n) is 11.8. The van der Waals surface area contributed by atoms with Gasteiger partial charge >= 0.3 is 0 Å². The van der Waals surface area contributed by atoms with Gasteiger partial charge in [-0.1, -0.05) is 30.7 Å². The van der Waals surface area contributed by atoms with Gasteiger partial charge in [-0.05, 0) is 57.2 Å². The van der Waals surface area contributed by atoms with Crippen LogP contribution in [0.1, 0.15) is 63.0 Å². The number of hydrogen-bond donors (Lipinski definition) is 2. The van der Waals surface area contributed by atoms with Crippen molar-refractivity contribution in [3.63, 3.8) is 0 Å². The van der Waals surface area contributed by atoms with E-state index in [4.69, 9.17) is 4.99 Å². The Morgan fingerprint density at radius 1 is 1.13 bits per heavy atom. The number of guanidine groups is 1. The highest BCUT2D eigenvalue weighted by atomic mass is 16.2. The van der Waals surface area contributed by atoms with Crippen LogP contribution in [0.3, 0.4) is 0 Å². The summed E-state index contributed by atoms with van der Waals surface area (Å²) in [6.07, 6.45) is 7.77. The Labute approximate surface area is 181 Å². The Morgan fingerprint density at radius 3 is 2.43 bits per heavy atom. The number of nitrogens with one attached hydrogen (secondary N) is 2. The number of aliphatic imine (C=N–C) groups is 1. The largest absolute Gasteiger partial charge is 0.357 e. The minimum atomic E-state index is 0.238. The van der Waals surface area contributed by atoms with Crippen LogP contribution in [0, 0.1) is 0 Å². The second-order valence-corrected chi connectivity index (χ2v) is 9.10. The summed E-state index contributed by atoms with van der Waals surface area (Å²) >= 11 is 0. The number of rotatable bonds is 6. The van der Waals surface area contributed by atoms with E-state index >= 15 is 0 Å². The Bertz CT molecular complexity index is 725. The number of nitrogens with zero attached hydrogens (tertiary/aromatic N) is 3. The molecular formula is C24H37N5O. The Kier molecular flexibility index (Phi) is 6.93. The minimum Gasteiger partial charge on any atom is -0.357 e. The molecule has 30 heavy (non-hydrogen) atoms. The molecule has 2 N–H and O–H groups in total. The first-order valence-corrected chi connectivity index (χ1v) is 11.8. The van der Waals surface area contributed by atoms with E-state index in [1.165, 1.54) is 43.2 Å². The van der Waals surface area contributed by atoms with Gasteiger partial charge in [0, 0.05) is 50.7 Å². The minimum absolute atomic E-state index is 0.238. The van der Waals surface area contributed by atoms with Crippen LogP contribution in [0.2, 0.25) is 0 Å². The Hall–Kier alpha value is -2.08. The first kappa shape index (κ1) is 21.2. The number of carbonyl (C=O) groups is 1. The molecule has 4 rings (SSSR count). The predicted octanol–water partition coefficient (Wildman–Crippen LogP) is 2.88. The van der Waals surface area contributed by atoms with Gasteiger partial charge < -0.3 is 20.4 Å². The zero-order chi connectivity index (χ0) is 20.9. The van der Waals surface area contributed by atoms with Crippen molar-refractivity contribution in [2.24, 2.45) is 4.99 Å². The molecule has 2 atom stereocenters. The summed E-state index contributed by atoms with van der Waals surface area (Å²) < 4.78 is 0. The second-order valence-electron chi connectivity index (χ2n) is 9.10. The highest BCUT2D eigenvalue weighted by Crippen LogP contribution is 2.32. The van der Waals surface area contributed by atoms with E-state index in [0.29, 0.717) is 31.1 Å². The predicted molar refractivity (Wildman–Crippen MR) is 121 cm³/mol. The van der Waals surface area contributed by atoms with Crippen LogP contribution in [-0.4, -0.2) is 59.9 Å². The summed E-state index contributed by atoms with van der Waals surface area (Å²) in [6, 6.07) is 10.3. The van der Waals surface area contributed by atoms with Crippen LogP contribution in [0.4, 0.5) is 0 Å². The highest BCUT2D eigenvalue weighted by molar-refractivity contribution is 5.80. The fourth-order valence-electron chi connectivity index (χ4n) is 5.34. The lowest BCUT2D eigenvalue weighted by Gasteiger charge is -2.47. The van der Waals surface area contributed by atoms with Crippen LogP contribution < -0.4 is 10.6 Å². The van der Waals surface area contributed by atoms with Crippen LogP contribution in [0.5, 0.6) is 0 Å². The molecule has 2 unspecified atom stereocenters. The third kappa shape index (κ3) is 4.97. The zero-order valence-electron chi connectivity index (χ0n) is 18.6. The van der Waals surface area contributed by atoms with E-state index in [9.17, 15) is 4.79 Å². The maximum absolute atomic E-state index is 12.6. The van der Waals surface area contributed by atoms with Crippen molar-refractivity contribution >= 4 is 11.9 Å². The lowest BCUT2D eigenvalue weighted by molar-refractivity contribution is -0.131. The Balaban J connectivity index is 1.23. The molecule has 6 nitrogen and oxygen atoms in total. The van der Waals surface area contributed by atoms with Crippen molar-refractivity contribution < 1.29 is 4.79 Å². The average Bonchev–Trinajstić information content (AvgIpc) is 3.16. The summed E-state index contributed by atoms with van der Waals surface area (Å²) in [7, 11) is 2.29. The Morgan fingerprint density at radius 2 is 1.80 bits per heavy atom. The summed E-state index contributed by atoms with van der Waals surface area (Å²) in [6.45, 7) is 5.15. The van der Waals surface area contributed by atoms with Gasteiger partial charge in [0.2, 0.25) is 5.91 Å². The van der Waals surface area contributed by atoms with Gasteiger partial charge in [0.25, 0.3) is 0 Å². The molecule has 3 aliphatic heterocycles. The summed E-state index contributed by atoms with van der Waals surface area (Å²) in [5.41, 5.74) is 2.57. The van der Waals surface area contributed by atoms with Crippen molar-refractivity contribution in [2.75, 3.05) is 20.1 Å².